The molecule has 1 aromatic heterocycles. The van der Waals surface area contributed by atoms with Gasteiger partial charge in [-0.15, -0.1) is 0 Å². The third-order valence-electron chi connectivity index (χ3n) is 5.00. The van der Waals surface area contributed by atoms with Crippen LogP contribution in [0.4, 0.5) is 0 Å². The van der Waals surface area contributed by atoms with Crippen molar-refractivity contribution in [2.45, 2.75) is 51.6 Å². The molecule has 3 heteroatoms. The molecule has 1 saturated carbocycles. The van der Waals surface area contributed by atoms with Gasteiger partial charge in [-0.3, -0.25) is 4.90 Å². The van der Waals surface area contributed by atoms with Crippen LogP contribution in [0.25, 0.3) is 0 Å². The van der Waals surface area contributed by atoms with E-state index < -0.39 is 0 Å². The lowest BCUT2D eigenvalue weighted by molar-refractivity contribution is 0.103. The van der Waals surface area contributed by atoms with Crippen molar-refractivity contribution in [1.82, 2.24) is 4.90 Å². The monoisotopic (exact) mass is 248 g/mol. The maximum Gasteiger partial charge on any atom is 0.121 e. The van der Waals surface area contributed by atoms with Crippen LogP contribution >= 0.6 is 0 Å². The molecule has 1 saturated heterocycles. The van der Waals surface area contributed by atoms with Crippen molar-refractivity contribution in [2.75, 3.05) is 13.1 Å². The fourth-order valence-corrected chi connectivity index (χ4v) is 3.74. The van der Waals surface area contributed by atoms with Crippen molar-refractivity contribution in [3.05, 3.63) is 23.7 Å². The maximum absolute atomic E-state index is 5.68. The molecule has 0 amide bonds. The first kappa shape index (κ1) is 12.2. The Kier molecular flexibility index (Phi) is 3.44. The minimum Gasteiger partial charge on any atom is -0.468 e. The van der Waals surface area contributed by atoms with Crippen molar-refractivity contribution in [2.24, 2.45) is 11.1 Å². The summed E-state index contributed by atoms with van der Waals surface area (Å²) in [6, 6.07) is 2.07. The van der Waals surface area contributed by atoms with Crippen LogP contribution in [-0.4, -0.2) is 18.0 Å². The summed E-state index contributed by atoms with van der Waals surface area (Å²) in [6.07, 6.45) is 10.4. The summed E-state index contributed by atoms with van der Waals surface area (Å²) in [5.74, 6) is 0.955. The molecular formula is C15H24N2O. The molecule has 1 aromatic rings. The maximum atomic E-state index is 5.68. The molecule has 2 fully saturated rings. The first-order chi connectivity index (χ1) is 8.81. The Morgan fingerprint density at radius 2 is 1.89 bits per heavy atom. The van der Waals surface area contributed by atoms with Crippen molar-refractivity contribution in [3.8, 4) is 0 Å². The smallest absolute Gasteiger partial charge is 0.121 e. The lowest BCUT2D eigenvalue weighted by atomic mass is 9.77. The molecule has 3 rings (SSSR count). The molecule has 2 heterocycles. The quantitative estimate of drug-likeness (QED) is 0.894. The van der Waals surface area contributed by atoms with Crippen molar-refractivity contribution < 1.29 is 4.42 Å². The zero-order valence-corrected chi connectivity index (χ0v) is 11.2. The number of piperidine rings is 1. The summed E-state index contributed by atoms with van der Waals surface area (Å²) in [4.78, 5) is 2.56. The molecule has 1 aliphatic heterocycles. The van der Waals surface area contributed by atoms with Gasteiger partial charge in [0.25, 0.3) is 0 Å². The summed E-state index contributed by atoms with van der Waals surface area (Å²) < 4.78 is 5.40. The highest BCUT2D eigenvalue weighted by atomic mass is 16.3. The first-order valence-corrected chi connectivity index (χ1v) is 7.29. The highest BCUT2D eigenvalue weighted by Gasteiger charge is 2.36. The number of hydrogen-bond acceptors (Lipinski definition) is 3. The molecule has 0 aromatic carbocycles. The number of hydrogen-bond donors (Lipinski definition) is 1. The Morgan fingerprint density at radius 3 is 2.56 bits per heavy atom. The molecule has 2 aliphatic rings. The van der Waals surface area contributed by atoms with E-state index in [1.807, 2.05) is 0 Å². The zero-order valence-electron chi connectivity index (χ0n) is 11.2. The highest BCUT2D eigenvalue weighted by molar-refractivity contribution is 5.16. The van der Waals surface area contributed by atoms with Gasteiger partial charge in [0.05, 0.1) is 12.8 Å². The summed E-state index contributed by atoms with van der Waals surface area (Å²) >= 11 is 0. The average Bonchev–Trinajstić information content (AvgIpc) is 3.02. The number of rotatable bonds is 3. The number of nitrogens with two attached hydrogens (primary N) is 1. The van der Waals surface area contributed by atoms with Crippen molar-refractivity contribution in [3.63, 3.8) is 0 Å². The minimum atomic E-state index is 0.514. The molecule has 0 bridgehead atoms. The fourth-order valence-electron chi connectivity index (χ4n) is 3.74. The molecule has 1 aliphatic carbocycles. The Hall–Kier alpha value is -0.800. The lowest BCUT2D eigenvalue weighted by Gasteiger charge is -2.39. The van der Waals surface area contributed by atoms with E-state index in [0.29, 0.717) is 12.0 Å². The summed E-state index contributed by atoms with van der Waals surface area (Å²) in [7, 11) is 0. The van der Waals surface area contributed by atoms with E-state index in [1.165, 1.54) is 57.2 Å². The van der Waals surface area contributed by atoms with Gasteiger partial charge >= 0.3 is 0 Å². The van der Waals surface area contributed by atoms with E-state index in [0.717, 1.165) is 12.3 Å². The molecule has 3 nitrogen and oxygen atoms in total. The largest absolute Gasteiger partial charge is 0.468 e. The average molecular weight is 248 g/mol. The van der Waals surface area contributed by atoms with Crippen LogP contribution in [0, 0.1) is 5.41 Å². The van der Waals surface area contributed by atoms with Gasteiger partial charge < -0.3 is 10.2 Å². The third kappa shape index (κ3) is 2.34. The van der Waals surface area contributed by atoms with Crippen LogP contribution in [0.3, 0.4) is 0 Å². The van der Waals surface area contributed by atoms with Crippen LogP contribution < -0.4 is 5.73 Å². The molecule has 1 spiro atoms. The second-order valence-electron chi connectivity index (χ2n) is 6.06. The van der Waals surface area contributed by atoms with E-state index in [2.05, 4.69) is 11.0 Å². The van der Waals surface area contributed by atoms with Crippen LogP contribution in [0.15, 0.2) is 16.7 Å². The van der Waals surface area contributed by atoms with Crippen LogP contribution in [0.2, 0.25) is 0 Å². The lowest BCUT2D eigenvalue weighted by Crippen LogP contribution is -2.38. The summed E-state index contributed by atoms with van der Waals surface area (Å²) in [6.45, 7) is 4.02. The number of nitrogens with zero attached hydrogens (tertiary/aromatic N) is 1. The van der Waals surface area contributed by atoms with Crippen LogP contribution in [-0.2, 0) is 13.1 Å². The summed E-state index contributed by atoms with van der Waals surface area (Å²) in [5, 5.41) is 0. The van der Waals surface area contributed by atoms with Gasteiger partial charge in [-0.05, 0) is 50.3 Å². The van der Waals surface area contributed by atoms with Gasteiger partial charge in [0, 0.05) is 12.1 Å². The molecule has 0 unspecified atom stereocenters. The van der Waals surface area contributed by atoms with Gasteiger partial charge in [-0.2, -0.15) is 0 Å². The van der Waals surface area contributed by atoms with Crippen molar-refractivity contribution in [1.29, 1.82) is 0 Å². The Labute approximate surface area is 109 Å². The Bertz CT molecular complexity index is 383. The van der Waals surface area contributed by atoms with Gasteiger partial charge in [0.2, 0.25) is 0 Å². The van der Waals surface area contributed by atoms with Gasteiger partial charge in [0.1, 0.15) is 5.76 Å². The molecule has 2 N–H and O–H groups in total. The predicted molar refractivity (Wildman–Crippen MR) is 72.0 cm³/mol. The molecule has 18 heavy (non-hydrogen) atoms. The number of likely N-dealkylation sites (tertiary alicyclic amines) is 1. The molecule has 100 valence electrons. The Morgan fingerprint density at radius 1 is 1.17 bits per heavy atom. The van der Waals surface area contributed by atoms with Crippen LogP contribution in [0.1, 0.15) is 49.8 Å². The normalized spacial score (nSPS) is 23.8. The summed E-state index contributed by atoms with van der Waals surface area (Å²) in [5.41, 5.74) is 7.67. The number of furan rings is 1. The van der Waals surface area contributed by atoms with Gasteiger partial charge in [-0.25, -0.2) is 0 Å². The molecular weight excluding hydrogens is 224 g/mol. The first-order valence-electron chi connectivity index (χ1n) is 7.29. The van der Waals surface area contributed by atoms with E-state index in [4.69, 9.17) is 10.2 Å². The Balaban J connectivity index is 1.57. The van der Waals surface area contributed by atoms with Crippen molar-refractivity contribution >= 4 is 0 Å². The van der Waals surface area contributed by atoms with E-state index in [9.17, 15) is 0 Å². The van der Waals surface area contributed by atoms with Gasteiger partial charge in [0.15, 0.2) is 0 Å². The minimum absolute atomic E-state index is 0.514. The van der Waals surface area contributed by atoms with Crippen LogP contribution in [0.5, 0.6) is 0 Å². The van der Waals surface area contributed by atoms with E-state index in [1.54, 1.807) is 6.26 Å². The molecule has 0 radical (unpaired) electrons. The predicted octanol–water partition coefficient (Wildman–Crippen LogP) is 2.89. The zero-order chi connectivity index (χ0) is 12.4. The highest BCUT2D eigenvalue weighted by Crippen LogP contribution is 2.46. The fraction of sp³-hybridized carbons (Fsp3) is 0.733. The second-order valence-corrected chi connectivity index (χ2v) is 6.06. The molecule has 0 atom stereocenters. The van der Waals surface area contributed by atoms with E-state index >= 15 is 0 Å². The SMILES string of the molecule is NCc1occc1CN1CCC2(CCCC2)CC1. The second kappa shape index (κ2) is 5.06. The van der Waals surface area contributed by atoms with E-state index in [-0.39, 0.29) is 0 Å². The standard InChI is InChI=1S/C15H24N2O/c16-11-14-13(3-10-18-14)12-17-8-6-15(7-9-17)4-1-2-5-15/h3,10H,1-2,4-9,11-12,16H2. The van der Waals surface area contributed by atoms with Gasteiger partial charge in [-0.1, -0.05) is 12.8 Å². The third-order valence-corrected chi connectivity index (χ3v) is 5.00. The topological polar surface area (TPSA) is 42.4 Å².